The van der Waals surface area contributed by atoms with Crippen LogP contribution < -0.4 is 11.2 Å². The zero-order chi connectivity index (χ0) is 14.9. The first-order chi connectivity index (χ1) is 9.49. The molecule has 1 aromatic heterocycles. The van der Waals surface area contributed by atoms with Crippen LogP contribution in [0, 0.1) is 0 Å². The smallest absolute Gasteiger partial charge is 0.330 e. The third-order valence-electron chi connectivity index (χ3n) is 2.99. The van der Waals surface area contributed by atoms with Crippen molar-refractivity contribution in [1.29, 1.82) is 0 Å². The highest BCUT2D eigenvalue weighted by atomic mass is 127. The van der Waals surface area contributed by atoms with E-state index in [0.29, 0.717) is 0 Å². The SMILES string of the molecule is O=c1[nH]c(=O)n([C@@H]2O[C@H](CO)[C@@H](O)C2I)cc1/C=C/Br. The molecule has 0 aliphatic carbocycles. The van der Waals surface area contributed by atoms with Crippen LogP contribution in [0.25, 0.3) is 6.08 Å². The van der Waals surface area contributed by atoms with Gasteiger partial charge in [0.25, 0.3) is 5.56 Å². The number of hydrogen-bond donors (Lipinski definition) is 3. The standard InChI is InChI=1S/C11H12BrIN2O5/c12-2-1-5-3-15(11(19)14-9(5)18)10-7(13)8(17)6(4-16)20-10/h1-3,6-8,10,16-17H,4H2,(H,14,18,19)/b2-1+/t6-,7?,8-,10-/m1/s1. The zero-order valence-corrected chi connectivity index (χ0v) is 13.8. The average molecular weight is 459 g/mol. The van der Waals surface area contributed by atoms with Crippen LogP contribution in [-0.4, -0.2) is 42.5 Å². The van der Waals surface area contributed by atoms with Gasteiger partial charge in [-0.15, -0.1) is 0 Å². The molecular formula is C11H12BrIN2O5. The summed E-state index contributed by atoms with van der Waals surface area (Å²) in [6, 6.07) is 0. The molecule has 0 amide bonds. The monoisotopic (exact) mass is 458 g/mol. The number of nitrogens with one attached hydrogen (secondary N) is 1. The maximum absolute atomic E-state index is 11.9. The van der Waals surface area contributed by atoms with E-state index in [1.165, 1.54) is 21.8 Å². The summed E-state index contributed by atoms with van der Waals surface area (Å²) in [7, 11) is 0. The quantitative estimate of drug-likeness (QED) is 0.435. The van der Waals surface area contributed by atoms with Crippen LogP contribution >= 0.6 is 38.5 Å². The van der Waals surface area contributed by atoms with Gasteiger partial charge in [0.2, 0.25) is 0 Å². The van der Waals surface area contributed by atoms with Gasteiger partial charge in [0.15, 0.2) is 6.23 Å². The minimum atomic E-state index is -0.889. The van der Waals surface area contributed by atoms with Crippen LogP contribution in [0.1, 0.15) is 11.8 Å². The van der Waals surface area contributed by atoms with E-state index in [9.17, 15) is 14.7 Å². The number of H-pyrrole nitrogens is 1. The van der Waals surface area contributed by atoms with Gasteiger partial charge < -0.3 is 14.9 Å². The van der Waals surface area contributed by atoms with E-state index in [1.807, 2.05) is 22.6 Å². The van der Waals surface area contributed by atoms with Crippen LogP contribution in [0.2, 0.25) is 0 Å². The summed E-state index contributed by atoms with van der Waals surface area (Å²) < 4.78 is 6.26. The molecular weight excluding hydrogens is 447 g/mol. The number of hydrogen-bond acceptors (Lipinski definition) is 5. The third-order valence-corrected chi connectivity index (χ3v) is 4.60. The van der Waals surface area contributed by atoms with Gasteiger partial charge in [-0.1, -0.05) is 38.5 Å². The van der Waals surface area contributed by atoms with Gasteiger partial charge in [0.1, 0.15) is 6.10 Å². The van der Waals surface area contributed by atoms with Gasteiger partial charge in [-0.25, -0.2) is 4.79 Å². The first-order valence-electron chi connectivity index (χ1n) is 5.70. The number of rotatable bonds is 3. The molecule has 110 valence electrons. The van der Waals surface area contributed by atoms with Crippen molar-refractivity contribution in [3.8, 4) is 0 Å². The fourth-order valence-electron chi connectivity index (χ4n) is 1.95. The molecule has 4 atom stereocenters. The summed E-state index contributed by atoms with van der Waals surface area (Å²) in [4.78, 5) is 27.1. The van der Waals surface area contributed by atoms with Crippen LogP contribution in [0.3, 0.4) is 0 Å². The molecule has 20 heavy (non-hydrogen) atoms. The van der Waals surface area contributed by atoms with E-state index in [0.717, 1.165) is 0 Å². The van der Waals surface area contributed by atoms with Crippen molar-refractivity contribution in [2.24, 2.45) is 0 Å². The lowest BCUT2D eigenvalue weighted by molar-refractivity contribution is -0.0456. The molecule has 1 aliphatic heterocycles. The molecule has 1 aromatic rings. The molecule has 0 bridgehead atoms. The Kier molecular flexibility index (Phi) is 5.18. The lowest BCUT2D eigenvalue weighted by Crippen LogP contribution is -2.36. The first kappa shape index (κ1) is 15.9. The molecule has 3 N–H and O–H groups in total. The second kappa shape index (κ2) is 6.52. The van der Waals surface area contributed by atoms with Gasteiger partial charge in [0.05, 0.1) is 22.2 Å². The zero-order valence-electron chi connectivity index (χ0n) is 10.1. The normalized spacial score (nSPS) is 30.2. The van der Waals surface area contributed by atoms with Gasteiger partial charge in [0, 0.05) is 6.20 Å². The summed E-state index contributed by atoms with van der Waals surface area (Å²) in [5.41, 5.74) is -0.862. The van der Waals surface area contributed by atoms with E-state index >= 15 is 0 Å². The van der Waals surface area contributed by atoms with Crippen LogP contribution in [0.4, 0.5) is 0 Å². The molecule has 0 spiro atoms. The van der Waals surface area contributed by atoms with Gasteiger partial charge in [-0.05, 0) is 11.1 Å². The summed E-state index contributed by atoms with van der Waals surface area (Å²) in [6.45, 7) is -0.344. The highest BCUT2D eigenvalue weighted by Gasteiger charge is 2.43. The number of aromatic amines is 1. The summed E-state index contributed by atoms with van der Waals surface area (Å²) in [5, 5.41) is 19.0. The van der Waals surface area contributed by atoms with Crippen LogP contribution in [-0.2, 0) is 4.74 Å². The molecule has 7 nitrogen and oxygen atoms in total. The number of nitrogens with zero attached hydrogens (tertiary/aromatic N) is 1. The highest BCUT2D eigenvalue weighted by Crippen LogP contribution is 2.33. The molecule has 2 heterocycles. The van der Waals surface area contributed by atoms with Crippen LogP contribution in [0.15, 0.2) is 20.8 Å². The summed E-state index contributed by atoms with van der Waals surface area (Å²) in [6.07, 6.45) is 0.457. The van der Waals surface area contributed by atoms with Gasteiger partial charge >= 0.3 is 5.69 Å². The maximum Gasteiger partial charge on any atom is 0.330 e. The van der Waals surface area contributed by atoms with E-state index in [1.54, 1.807) is 0 Å². The fraction of sp³-hybridized carbons (Fsp3) is 0.455. The second-order valence-electron chi connectivity index (χ2n) is 4.23. The second-order valence-corrected chi connectivity index (χ2v) is 6.19. The van der Waals surface area contributed by atoms with Crippen molar-refractivity contribution >= 4 is 44.6 Å². The third kappa shape index (κ3) is 2.91. The molecule has 1 fully saturated rings. The minimum Gasteiger partial charge on any atom is -0.394 e. The molecule has 2 rings (SSSR count). The Hall–Kier alpha value is -0.490. The van der Waals surface area contributed by atoms with E-state index in [2.05, 4.69) is 20.9 Å². The van der Waals surface area contributed by atoms with E-state index < -0.39 is 33.6 Å². The summed E-state index contributed by atoms with van der Waals surface area (Å²) in [5.74, 6) is 0. The lowest BCUT2D eigenvalue weighted by atomic mass is 10.2. The van der Waals surface area contributed by atoms with Crippen molar-refractivity contribution < 1.29 is 14.9 Å². The van der Waals surface area contributed by atoms with Gasteiger partial charge in [-0.3, -0.25) is 14.3 Å². The topological polar surface area (TPSA) is 105 Å². The predicted molar refractivity (Wildman–Crippen MR) is 84.1 cm³/mol. The van der Waals surface area contributed by atoms with Crippen molar-refractivity contribution in [2.75, 3.05) is 6.61 Å². The Bertz CT molecular complexity index is 628. The average Bonchev–Trinajstić information content (AvgIpc) is 2.70. The molecule has 9 heteroatoms. The first-order valence-corrected chi connectivity index (χ1v) is 7.86. The Morgan fingerprint density at radius 1 is 1.55 bits per heavy atom. The number of aliphatic hydroxyl groups is 2. The van der Waals surface area contributed by atoms with Crippen molar-refractivity contribution in [3.05, 3.63) is 37.6 Å². The van der Waals surface area contributed by atoms with E-state index in [4.69, 9.17) is 9.84 Å². The Morgan fingerprint density at radius 2 is 2.25 bits per heavy atom. The number of aliphatic hydroxyl groups excluding tert-OH is 2. The lowest BCUT2D eigenvalue weighted by Gasteiger charge is -2.17. The van der Waals surface area contributed by atoms with Crippen molar-refractivity contribution in [3.63, 3.8) is 0 Å². The highest BCUT2D eigenvalue weighted by molar-refractivity contribution is 14.1. The molecule has 1 unspecified atom stereocenters. The Morgan fingerprint density at radius 3 is 2.80 bits per heavy atom. The number of ether oxygens (including phenoxy) is 1. The predicted octanol–water partition coefficient (Wildman–Crippen LogP) is -0.0436. The van der Waals surface area contributed by atoms with Gasteiger partial charge in [-0.2, -0.15) is 0 Å². The summed E-state index contributed by atoms with van der Waals surface area (Å²) >= 11 is 5.02. The maximum atomic E-state index is 11.9. The number of alkyl halides is 1. The van der Waals surface area contributed by atoms with Crippen LogP contribution in [0.5, 0.6) is 0 Å². The Balaban J connectivity index is 2.46. The molecule has 0 saturated carbocycles. The largest absolute Gasteiger partial charge is 0.394 e. The minimum absolute atomic E-state index is 0.274. The molecule has 0 aromatic carbocycles. The molecule has 1 aliphatic rings. The molecule has 1 saturated heterocycles. The molecule has 0 radical (unpaired) electrons. The Labute approximate surface area is 135 Å². The van der Waals surface area contributed by atoms with Crippen molar-refractivity contribution in [1.82, 2.24) is 9.55 Å². The number of aromatic nitrogens is 2. The van der Waals surface area contributed by atoms with Crippen molar-refractivity contribution in [2.45, 2.75) is 22.4 Å². The number of halogens is 2. The fourth-order valence-corrected chi connectivity index (χ4v) is 3.22. The van der Waals surface area contributed by atoms with E-state index in [-0.39, 0.29) is 12.2 Å².